The fourth-order valence-electron chi connectivity index (χ4n) is 2.51. The van der Waals surface area contributed by atoms with E-state index in [2.05, 4.69) is 26.0 Å². The van der Waals surface area contributed by atoms with Gasteiger partial charge in [0.1, 0.15) is 11.2 Å². The van der Waals surface area contributed by atoms with Gasteiger partial charge < -0.3 is 4.42 Å². The lowest BCUT2D eigenvalue weighted by molar-refractivity contribution is 0.654. The molecule has 0 N–H and O–H groups in total. The Hall–Kier alpha value is -1.67. The molecule has 19 heavy (non-hydrogen) atoms. The fraction of sp³-hybridized carbons (Fsp3) is 0.235. The number of para-hydroxylation sites is 1. The standard InChI is InChI=1S/C17H16OS/c1-3-11-9-12(4-2)16-14(10-11)17(19)13-7-5-6-8-15(13)18-16/h5-10H,3-4H2,1-2H3. The van der Waals surface area contributed by atoms with E-state index in [-0.39, 0.29) is 0 Å². The van der Waals surface area contributed by atoms with E-state index in [1.54, 1.807) is 0 Å². The Morgan fingerprint density at radius 2 is 1.79 bits per heavy atom. The second-order valence-corrected chi connectivity index (χ2v) is 5.17. The molecule has 1 nitrogen and oxygen atoms in total. The topological polar surface area (TPSA) is 13.1 Å². The normalized spacial score (nSPS) is 11.3. The molecule has 0 unspecified atom stereocenters. The van der Waals surface area contributed by atoms with Crippen molar-refractivity contribution in [3.05, 3.63) is 52.0 Å². The lowest BCUT2D eigenvalue weighted by atomic mass is 10.0. The summed E-state index contributed by atoms with van der Waals surface area (Å²) in [6, 6.07) is 12.4. The van der Waals surface area contributed by atoms with Gasteiger partial charge in [-0.05, 0) is 42.2 Å². The molecule has 0 aliphatic rings. The minimum Gasteiger partial charge on any atom is -0.456 e. The van der Waals surface area contributed by atoms with Gasteiger partial charge in [-0.3, -0.25) is 0 Å². The second-order valence-electron chi connectivity index (χ2n) is 4.77. The van der Waals surface area contributed by atoms with Crippen LogP contribution < -0.4 is 0 Å². The molecule has 3 rings (SSSR count). The molecule has 0 fully saturated rings. The molecular weight excluding hydrogens is 252 g/mol. The Kier molecular flexibility index (Phi) is 3.11. The zero-order valence-corrected chi connectivity index (χ0v) is 12.0. The van der Waals surface area contributed by atoms with Crippen LogP contribution in [0.2, 0.25) is 0 Å². The largest absolute Gasteiger partial charge is 0.456 e. The molecule has 2 aromatic carbocycles. The number of hydrogen-bond donors (Lipinski definition) is 0. The van der Waals surface area contributed by atoms with Crippen LogP contribution in [0, 0.1) is 4.51 Å². The van der Waals surface area contributed by atoms with Gasteiger partial charge in [-0.15, -0.1) is 0 Å². The van der Waals surface area contributed by atoms with Crippen molar-refractivity contribution in [1.29, 1.82) is 0 Å². The van der Waals surface area contributed by atoms with Gasteiger partial charge in [0.05, 0.1) is 4.51 Å². The summed E-state index contributed by atoms with van der Waals surface area (Å²) < 4.78 is 6.99. The highest BCUT2D eigenvalue weighted by molar-refractivity contribution is 7.72. The first kappa shape index (κ1) is 12.4. The van der Waals surface area contributed by atoms with Gasteiger partial charge in [0, 0.05) is 10.8 Å². The maximum atomic E-state index is 6.08. The molecule has 96 valence electrons. The fourth-order valence-corrected chi connectivity index (χ4v) is 2.83. The predicted octanol–water partition coefficient (Wildman–Crippen LogP) is 5.44. The van der Waals surface area contributed by atoms with Crippen LogP contribution in [0.15, 0.2) is 40.8 Å². The van der Waals surface area contributed by atoms with Crippen LogP contribution in [0.5, 0.6) is 0 Å². The smallest absolute Gasteiger partial charge is 0.139 e. The predicted molar refractivity (Wildman–Crippen MR) is 83.3 cm³/mol. The van der Waals surface area contributed by atoms with Gasteiger partial charge in [-0.2, -0.15) is 0 Å². The Morgan fingerprint density at radius 3 is 2.53 bits per heavy atom. The van der Waals surface area contributed by atoms with Crippen LogP contribution >= 0.6 is 12.2 Å². The van der Waals surface area contributed by atoms with Gasteiger partial charge in [0.15, 0.2) is 0 Å². The third-order valence-corrected chi connectivity index (χ3v) is 4.04. The first-order chi connectivity index (χ1) is 9.24. The third-order valence-electron chi connectivity index (χ3n) is 3.60. The summed E-state index contributed by atoms with van der Waals surface area (Å²) >= 11 is 5.65. The van der Waals surface area contributed by atoms with E-state index in [0.717, 1.165) is 39.3 Å². The summed E-state index contributed by atoms with van der Waals surface area (Å²) in [5, 5.41) is 2.10. The van der Waals surface area contributed by atoms with E-state index < -0.39 is 0 Å². The highest BCUT2D eigenvalue weighted by Gasteiger charge is 2.09. The quantitative estimate of drug-likeness (QED) is 0.453. The SMILES string of the molecule is CCc1cc(CC)c2oc3ccccc3c(=S)c2c1. The highest BCUT2D eigenvalue weighted by atomic mass is 32.1. The maximum Gasteiger partial charge on any atom is 0.139 e. The van der Waals surface area contributed by atoms with E-state index in [9.17, 15) is 0 Å². The first-order valence-corrected chi connectivity index (χ1v) is 7.12. The van der Waals surface area contributed by atoms with Crippen molar-refractivity contribution < 1.29 is 4.42 Å². The molecule has 2 heteroatoms. The molecule has 0 saturated heterocycles. The van der Waals surface area contributed by atoms with Crippen LogP contribution in [-0.2, 0) is 12.8 Å². The average Bonchev–Trinajstić information content (AvgIpc) is 2.47. The number of aryl methyl sites for hydroxylation is 2. The molecule has 0 aliphatic heterocycles. The van der Waals surface area contributed by atoms with Crippen molar-refractivity contribution >= 4 is 34.2 Å². The lowest BCUT2D eigenvalue weighted by Gasteiger charge is -2.09. The summed E-state index contributed by atoms with van der Waals surface area (Å²) in [6.45, 7) is 4.32. The Morgan fingerprint density at radius 1 is 1.00 bits per heavy atom. The molecule has 0 spiro atoms. The van der Waals surface area contributed by atoms with Gasteiger partial charge in [0.2, 0.25) is 0 Å². The zero-order chi connectivity index (χ0) is 13.4. The Balaban J connectivity index is 2.54. The molecule has 0 amide bonds. The average molecular weight is 268 g/mol. The molecule has 1 heterocycles. The van der Waals surface area contributed by atoms with Gasteiger partial charge in [-0.25, -0.2) is 0 Å². The van der Waals surface area contributed by atoms with Gasteiger partial charge in [0.25, 0.3) is 0 Å². The first-order valence-electron chi connectivity index (χ1n) is 6.72. The number of benzene rings is 2. The monoisotopic (exact) mass is 268 g/mol. The Bertz CT molecular complexity index is 814. The van der Waals surface area contributed by atoms with Crippen molar-refractivity contribution in [2.24, 2.45) is 0 Å². The minimum atomic E-state index is 0.874. The number of hydrogen-bond acceptors (Lipinski definition) is 2. The highest BCUT2D eigenvalue weighted by Crippen LogP contribution is 2.29. The third kappa shape index (κ3) is 1.96. The van der Waals surface area contributed by atoms with E-state index >= 15 is 0 Å². The summed E-state index contributed by atoms with van der Waals surface area (Å²) in [7, 11) is 0. The molecular formula is C17H16OS. The van der Waals surface area contributed by atoms with Crippen molar-refractivity contribution in [1.82, 2.24) is 0 Å². The molecule has 0 radical (unpaired) electrons. The van der Waals surface area contributed by atoms with Crippen molar-refractivity contribution in [2.45, 2.75) is 26.7 Å². The van der Waals surface area contributed by atoms with Crippen molar-refractivity contribution in [3.8, 4) is 0 Å². The van der Waals surface area contributed by atoms with Crippen LogP contribution in [-0.4, -0.2) is 0 Å². The van der Waals surface area contributed by atoms with Crippen LogP contribution in [0.25, 0.3) is 21.9 Å². The van der Waals surface area contributed by atoms with Crippen LogP contribution in [0.1, 0.15) is 25.0 Å². The minimum absolute atomic E-state index is 0.874. The molecule has 1 aromatic heterocycles. The molecule has 0 aliphatic carbocycles. The van der Waals surface area contributed by atoms with Crippen LogP contribution in [0.3, 0.4) is 0 Å². The molecule has 0 bridgehead atoms. The van der Waals surface area contributed by atoms with Gasteiger partial charge in [-0.1, -0.05) is 44.3 Å². The van der Waals surface area contributed by atoms with Crippen LogP contribution in [0.4, 0.5) is 0 Å². The lowest BCUT2D eigenvalue weighted by Crippen LogP contribution is -1.90. The number of fused-ring (bicyclic) bond motifs is 2. The molecule has 0 atom stereocenters. The molecule has 0 saturated carbocycles. The summed E-state index contributed by atoms with van der Waals surface area (Å²) in [5.41, 5.74) is 4.38. The van der Waals surface area contributed by atoms with E-state index in [0.29, 0.717) is 0 Å². The second kappa shape index (κ2) is 4.78. The summed E-state index contributed by atoms with van der Waals surface area (Å²) in [5.74, 6) is 0. The van der Waals surface area contributed by atoms with Crippen molar-refractivity contribution in [2.75, 3.05) is 0 Å². The van der Waals surface area contributed by atoms with Crippen molar-refractivity contribution in [3.63, 3.8) is 0 Å². The maximum absolute atomic E-state index is 6.08. The molecule has 3 aromatic rings. The van der Waals surface area contributed by atoms with E-state index in [4.69, 9.17) is 16.6 Å². The summed E-state index contributed by atoms with van der Waals surface area (Å²) in [4.78, 5) is 0. The number of rotatable bonds is 2. The van der Waals surface area contributed by atoms with E-state index in [1.807, 2.05) is 24.3 Å². The van der Waals surface area contributed by atoms with Gasteiger partial charge >= 0.3 is 0 Å². The Labute approximate surface area is 117 Å². The summed E-state index contributed by atoms with van der Waals surface area (Å²) in [6.07, 6.45) is 1.98. The van der Waals surface area contributed by atoms with E-state index in [1.165, 1.54) is 11.1 Å². The zero-order valence-electron chi connectivity index (χ0n) is 11.2.